The summed E-state index contributed by atoms with van der Waals surface area (Å²) in [6.45, 7) is 4.51. The topological polar surface area (TPSA) is 102 Å². The van der Waals surface area contributed by atoms with Crippen molar-refractivity contribution in [2.45, 2.75) is 63.6 Å². The smallest absolute Gasteiger partial charge is 0.338 e. The molecule has 0 radical (unpaired) electrons. The molecule has 2 aromatic heterocycles. The van der Waals surface area contributed by atoms with Gasteiger partial charge in [-0.3, -0.25) is 19.5 Å². The number of pyridine rings is 1. The van der Waals surface area contributed by atoms with Gasteiger partial charge in [-0.05, 0) is 74.4 Å². The van der Waals surface area contributed by atoms with Crippen LogP contribution in [-0.4, -0.2) is 81.1 Å². The number of nitrogens with zero attached hydrogens (tertiary/aromatic N) is 5. The Balaban J connectivity index is 1.24. The lowest BCUT2D eigenvalue weighted by Gasteiger charge is -2.39. The van der Waals surface area contributed by atoms with E-state index in [-0.39, 0.29) is 24.9 Å². The van der Waals surface area contributed by atoms with Gasteiger partial charge in [-0.1, -0.05) is 6.07 Å². The van der Waals surface area contributed by atoms with Crippen molar-refractivity contribution in [2.75, 3.05) is 31.1 Å². The van der Waals surface area contributed by atoms with Crippen molar-refractivity contribution in [3.63, 3.8) is 0 Å². The number of H-pyrrole nitrogens is 1. The molecule has 1 atom stereocenters. The second kappa shape index (κ2) is 9.85. The van der Waals surface area contributed by atoms with E-state index in [1.807, 2.05) is 26.0 Å². The van der Waals surface area contributed by atoms with Crippen LogP contribution in [0.4, 0.5) is 18.9 Å². The number of hydrogen-bond acceptors (Lipinski definition) is 5. The highest BCUT2D eigenvalue weighted by molar-refractivity contribution is 6.11. The molecule has 9 nitrogen and oxygen atoms in total. The third-order valence-electron chi connectivity index (χ3n) is 9.02. The van der Waals surface area contributed by atoms with Crippen molar-refractivity contribution < 1.29 is 27.6 Å². The van der Waals surface area contributed by atoms with Gasteiger partial charge in [0.25, 0.3) is 5.91 Å². The number of likely N-dealkylation sites (tertiary alicyclic amines) is 2. The van der Waals surface area contributed by atoms with Gasteiger partial charge in [-0.25, -0.2) is 4.98 Å². The fourth-order valence-electron chi connectivity index (χ4n) is 6.80. The molecule has 0 bridgehead atoms. The van der Waals surface area contributed by atoms with Crippen molar-refractivity contribution in [3.8, 4) is 0 Å². The predicted molar refractivity (Wildman–Crippen MR) is 144 cm³/mol. The molecule has 0 aliphatic carbocycles. The number of aromatic amines is 1. The van der Waals surface area contributed by atoms with Crippen LogP contribution in [0.1, 0.15) is 59.3 Å². The minimum atomic E-state index is -4.37. The molecule has 6 rings (SSSR count). The number of benzene rings is 1. The summed E-state index contributed by atoms with van der Waals surface area (Å²) in [5, 5.41) is 6.76. The van der Waals surface area contributed by atoms with Crippen molar-refractivity contribution in [1.82, 2.24) is 25.0 Å². The molecule has 216 valence electrons. The van der Waals surface area contributed by atoms with E-state index in [4.69, 9.17) is 0 Å². The lowest BCUT2D eigenvalue weighted by Crippen LogP contribution is -2.52. The zero-order valence-corrected chi connectivity index (χ0v) is 22.9. The number of carbonyl (C=O) groups excluding carboxylic acids is 3. The Bertz CT molecular complexity index is 1540. The zero-order valence-electron chi connectivity index (χ0n) is 22.9. The Morgan fingerprint density at radius 2 is 1.85 bits per heavy atom. The van der Waals surface area contributed by atoms with Gasteiger partial charge in [-0.15, -0.1) is 0 Å². The molecular weight excluding hydrogens is 537 g/mol. The minimum Gasteiger partial charge on any atom is -0.338 e. The molecule has 5 heterocycles. The summed E-state index contributed by atoms with van der Waals surface area (Å²) >= 11 is 0. The summed E-state index contributed by atoms with van der Waals surface area (Å²) in [4.78, 5) is 49.7. The number of amides is 3. The summed E-state index contributed by atoms with van der Waals surface area (Å²) in [6, 6.07) is 6.23. The summed E-state index contributed by atoms with van der Waals surface area (Å²) in [6.07, 6.45) is -2.32. The Kier molecular flexibility index (Phi) is 6.54. The van der Waals surface area contributed by atoms with Gasteiger partial charge in [0.05, 0.1) is 23.5 Å². The van der Waals surface area contributed by atoms with Crippen molar-refractivity contribution in [3.05, 3.63) is 52.8 Å². The number of anilines is 1. The van der Waals surface area contributed by atoms with Gasteiger partial charge in [0.15, 0.2) is 0 Å². The van der Waals surface area contributed by atoms with Gasteiger partial charge in [0, 0.05) is 31.4 Å². The van der Waals surface area contributed by atoms with Gasteiger partial charge >= 0.3 is 6.18 Å². The van der Waals surface area contributed by atoms with Gasteiger partial charge in [0.1, 0.15) is 17.8 Å². The van der Waals surface area contributed by atoms with E-state index in [1.165, 1.54) is 9.80 Å². The van der Waals surface area contributed by atoms with Gasteiger partial charge in [-0.2, -0.15) is 18.3 Å². The summed E-state index contributed by atoms with van der Waals surface area (Å²) < 4.78 is 39.4. The molecule has 1 unspecified atom stereocenters. The SMILES string of the molecule is Cc1ccc2c(c1C)C1(CCN(C(=O)c3ccc4[nH]ncc4n3)CC1)C(=O)N2CC(=O)N1CCCC1CC(F)(F)F. The van der Waals surface area contributed by atoms with Crippen LogP contribution >= 0.6 is 0 Å². The molecule has 1 N–H and O–H groups in total. The molecule has 0 saturated carbocycles. The van der Waals surface area contributed by atoms with Crippen LogP contribution in [0.3, 0.4) is 0 Å². The molecule has 1 aromatic carbocycles. The van der Waals surface area contributed by atoms with E-state index in [2.05, 4.69) is 15.2 Å². The fraction of sp³-hybridized carbons (Fsp3) is 0.483. The molecule has 2 fully saturated rings. The van der Waals surface area contributed by atoms with Crippen molar-refractivity contribution >= 4 is 34.4 Å². The Morgan fingerprint density at radius 3 is 2.59 bits per heavy atom. The van der Waals surface area contributed by atoms with Crippen molar-refractivity contribution in [1.29, 1.82) is 0 Å². The largest absolute Gasteiger partial charge is 0.391 e. The predicted octanol–water partition coefficient (Wildman–Crippen LogP) is 4.04. The van der Waals surface area contributed by atoms with Gasteiger partial charge in [0.2, 0.25) is 11.8 Å². The first kappa shape index (κ1) is 27.2. The number of fused-ring (bicyclic) bond motifs is 3. The van der Waals surface area contributed by atoms with Crippen LogP contribution < -0.4 is 4.90 Å². The zero-order chi connectivity index (χ0) is 29.1. The van der Waals surface area contributed by atoms with Crippen LogP contribution in [0.5, 0.6) is 0 Å². The maximum atomic E-state index is 14.2. The van der Waals surface area contributed by atoms with E-state index < -0.39 is 30.0 Å². The molecule has 1 spiro atoms. The monoisotopic (exact) mass is 568 g/mol. The van der Waals surface area contributed by atoms with Crippen LogP contribution in [0.25, 0.3) is 11.0 Å². The highest BCUT2D eigenvalue weighted by Gasteiger charge is 2.54. The van der Waals surface area contributed by atoms with Crippen LogP contribution in [0, 0.1) is 13.8 Å². The molecular formula is C29H31F3N6O3. The molecule has 3 aromatic rings. The number of aromatic nitrogens is 3. The van der Waals surface area contributed by atoms with Crippen LogP contribution in [0.2, 0.25) is 0 Å². The number of halogens is 3. The standard InChI is InChI=1S/C29H31F3N6O3/c1-17-5-8-23-25(18(17)2)28(27(41)38(23)16-24(39)37-11-3-4-19(37)14-29(30,31)32)9-12-36(13-10-28)26(40)21-7-6-20-22(34-21)15-33-35-20/h5-8,15,19H,3-4,9-14,16H2,1-2H3,(H,33,35). The van der Waals surface area contributed by atoms with E-state index in [1.54, 1.807) is 23.2 Å². The first-order chi connectivity index (χ1) is 19.5. The van der Waals surface area contributed by atoms with E-state index in [0.717, 1.165) is 22.2 Å². The lowest BCUT2D eigenvalue weighted by molar-refractivity contribution is -0.151. The second-order valence-corrected chi connectivity index (χ2v) is 11.4. The maximum Gasteiger partial charge on any atom is 0.391 e. The number of alkyl halides is 3. The number of piperidine rings is 1. The summed E-state index contributed by atoms with van der Waals surface area (Å²) in [5.41, 5.74) is 4.14. The van der Waals surface area contributed by atoms with E-state index in [9.17, 15) is 27.6 Å². The number of carbonyl (C=O) groups is 3. The quantitative estimate of drug-likeness (QED) is 0.512. The molecule has 3 amide bonds. The summed E-state index contributed by atoms with van der Waals surface area (Å²) in [7, 11) is 0. The van der Waals surface area contributed by atoms with Crippen LogP contribution in [-0.2, 0) is 15.0 Å². The molecule has 3 aliphatic rings. The minimum absolute atomic E-state index is 0.230. The summed E-state index contributed by atoms with van der Waals surface area (Å²) in [5.74, 6) is -0.933. The third kappa shape index (κ3) is 4.62. The lowest BCUT2D eigenvalue weighted by atomic mass is 9.71. The fourth-order valence-corrected chi connectivity index (χ4v) is 6.80. The normalized spacial score (nSPS) is 20.4. The van der Waals surface area contributed by atoms with Crippen LogP contribution in [0.15, 0.2) is 30.5 Å². The number of rotatable bonds is 4. The van der Waals surface area contributed by atoms with E-state index in [0.29, 0.717) is 55.7 Å². The highest BCUT2D eigenvalue weighted by atomic mass is 19.4. The maximum absolute atomic E-state index is 14.2. The Hall–Kier alpha value is -3.96. The average Bonchev–Trinajstić information content (AvgIpc) is 3.64. The first-order valence-electron chi connectivity index (χ1n) is 13.9. The Labute approximate surface area is 234 Å². The average molecular weight is 569 g/mol. The molecule has 41 heavy (non-hydrogen) atoms. The molecule has 3 aliphatic heterocycles. The number of aryl methyl sites for hydroxylation is 1. The third-order valence-corrected chi connectivity index (χ3v) is 9.02. The molecule has 2 saturated heterocycles. The first-order valence-corrected chi connectivity index (χ1v) is 13.9. The van der Waals surface area contributed by atoms with Crippen molar-refractivity contribution in [2.24, 2.45) is 0 Å². The number of hydrogen-bond donors (Lipinski definition) is 1. The Morgan fingerprint density at radius 1 is 1.10 bits per heavy atom. The number of nitrogens with one attached hydrogen (secondary N) is 1. The highest BCUT2D eigenvalue weighted by Crippen LogP contribution is 2.50. The second-order valence-electron chi connectivity index (χ2n) is 11.4. The van der Waals surface area contributed by atoms with Gasteiger partial charge < -0.3 is 14.7 Å². The van der Waals surface area contributed by atoms with E-state index >= 15 is 0 Å². The molecule has 12 heteroatoms.